The van der Waals surface area contributed by atoms with Gasteiger partial charge in [-0.3, -0.25) is 34.6 Å². The number of anilines is 3. The monoisotopic (exact) mass is 1010 g/mol. The molecule has 0 aliphatic carbocycles. The van der Waals surface area contributed by atoms with Gasteiger partial charge < -0.3 is 24.5 Å². The smallest absolute Gasteiger partial charge is 0.355 e. The Labute approximate surface area is 434 Å². The number of carboxylic acids is 1. The van der Waals surface area contributed by atoms with E-state index >= 15 is 0 Å². The number of nitrogens with one attached hydrogen (secondary N) is 2. The first-order valence-electron chi connectivity index (χ1n) is 26.0. The zero-order chi connectivity index (χ0) is 51.0. The van der Waals surface area contributed by atoms with Gasteiger partial charge in [0.15, 0.2) is 10.8 Å². The second-order valence-corrected chi connectivity index (χ2v) is 21.2. The maximum Gasteiger partial charge on any atom is 0.355 e. The minimum atomic E-state index is -1.11. The topological polar surface area (TPSA) is 178 Å². The quantitative estimate of drug-likeness (QED) is 0.0888. The third-order valence-corrected chi connectivity index (χ3v) is 16.7. The summed E-state index contributed by atoms with van der Waals surface area (Å²) in [6, 6.07) is 29.6. The van der Waals surface area contributed by atoms with E-state index in [1.807, 2.05) is 96.3 Å². The number of ether oxygens (including phenoxy) is 1. The van der Waals surface area contributed by atoms with Crippen molar-refractivity contribution in [2.24, 2.45) is 13.0 Å². The molecule has 16 nitrogen and oxygen atoms in total. The van der Waals surface area contributed by atoms with E-state index in [0.717, 1.165) is 132 Å². The van der Waals surface area contributed by atoms with Crippen molar-refractivity contribution < 1.29 is 29.0 Å². The van der Waals surface area contributed by atoms with Crippen molar-refractivity contribution in [1.82, 2.24) is 34.9 Å². The Morgan fingerprint density at radius 2 is 1.62 bits per heavy atom. The molecule has 4 aliphatic rings. The Balaban J connectivity index is 0.683. The number of rotatable bonds is 14. The number of thiazole rings is 1. The van der Waals surface area contributed by atoms with Crippen molar-refractivity contribution >= 4 is 72.8 Å². The molecular weight excluding hydrogens is 953 g/mol. The Morgan fingerprint density at radius 3 is 2.39 bits per heavy atom. The summed E-state index contributed by atoms with van der Waals surface area (Å²) >= 11 is 1.44. The normalized spacial score (nSPS) is 18.4. The van der Waals surface area contributed by atoms with Gasteiger partial charge in [-0.15, -0.1) is 0 Å². The number of amides is 3. The average Bonchev–Trinajstić information content (AvgIpc) is 3.99. The highest BCUT2D eigenvalue weighted by atomic mass is 32.1. The summed E-state index contributed by atoms with van der Waals surface area (Å²) in [6.45, 7) is 13.2. The second kappa shape index (κ2) is 21.0. The fourth-order valence-corrected chi connectivity index (χ4v) is 12.4. The number of aromatic carboxylic acids is 1. The highest BCUT2D eigenvalue weighted by molar-refractivity contribution is 7.22. The Hall–Kier alpha value is -7.21. The number of carboxylic acid groups (broad SMARTS) is 1. The van der Waals surface area contributed by atoms with Crippen LogP contribution in [-0.4, -0.2) is 123 Å². The number of hydrogen-bond donors (Lipinski definition) is 3. The zero-order valence-electron chi connectivity index (χ0n) is 42.2. The number of carbonyl (C=O) groups is 4. The van der Waals surface area contributed by atoms with Crippen LogP contribution >= 0.6 is 11.3 Å². The molecule has 0 radical (unpaired) electrons. The van der Waals surface area contributed by atoms with Gasteiger partial charge in [-0.2, -0.15) is 5.10 Å². The molecule has 3 aromatic heterocycles. The number of fused-ring (bicyclic) bond motifs is 3. The van der Waals surface area contributed by atoms with Crippen molar-refractivity contribution in [3.8, 4) is 16.9 Å². The summed E-state index contributed by atoms with van der Waals surface area (Å²) in [7, 11) is 1.92. The van der Waals surface area contributed by atoms with E-state index in [0.29, 0.717) is 60.3 Å². The summed E-state index contributed by atoms with van der Waals surface area (Å²) in [5.41, 5.74) is 8.44. The summed E-state index contributed by atoms with van der Waals surface area (Å²) < 4.78 is 9.71. The molecule has 7 heterocycles. The van der Waals surface area contributed by atoms with Crippen molar-refractivity contribution in [3.63, 3.8) is 0 Å². The molecule has 4 aliphatic heterocycles. The summed E-state index contributed by atoms with van der Waals surface area (Å²) in [6.07, 6.45) is 4.50. The number of pyridine rings is 1. The molecule has 74 heavy (non-hydrogen) atoms. The first-order chi connectivity index (χ1) is 36.0. The molecule has 3 fully saturated rings. The molecule has 0 bridgehead atoms. The van der Waals surface area contributed by atoms with E-state index in [-0.39, 0.29) is 29.5 Å². The fourth-order valence-electron chi connectivity index (χ4n) is 11.5. The number of para-hydroxylation sites is 1. The lowest BCUT2D eigenvalue weighted by molar-refractivity contribution is -0.134. The third-order valence-electron chi connectivity index (χ3n) is 15.8. The van der Waals surface area contributed by atoms with Crippen molar-refractivity contribution in [2.45, 2.75) is 70.9 Å². The molecule has 2 unspecified atom stereocenters. The molecule has 3 amide bonds. The summed E-state index contributed by atoms with van der Waals surface area (Å²) in [5.74, 6) is -0.520. The van der Waals surface area contributed by atoms with Crippen LogP contribution < -0.4 is 25.2 Å². The molecule has 382 valence electrons. The lowest BCUT2D eigenvalue weighted by Gasteiger charge is -2.39. The molecule has 11 rings (SSSR count). The maximum atomic E-state index is 13.7. The van der Waals surface area contributed by atoms with Gasteiger partial charge in [-0.05, 0) is 135 Å². The van der Waals surface area contributed by atoms with E-state index in [1.54, 1.807) is 0 Å². The minimum Gasteiger partial charge on any atom is -0.490 e. The molecule has 4 aromatic carbocycles. The van der Waals surface area contributed by atoms with Gasteiger partial charge in [0, 0.05) is 88.0 Å². The number of piperidine rings is 2. The number of likely N-dealkylation sites (tertiary alicyclic amines) is 1. The van der Waals surface area contributed by atoms with Crippen molar-refractivity contribution in [3.05, 3.63) is 125 Å². The highest BCUT2D eigenvalue weighted by Gasteiger charge is 2.33. The molecular formula is C57H62N10O6S. The van der Waals surface area contributed by atoms with Gasteiger partial charge in [0.25, 0.3) is 5.91 Å². The second-order valence-electron chi connectivity index (χ2n) is 20.1. The number of benzene rings is 4. The summed E-state index contributed by atoms with van der Waals surface area (Å²) in [5, 5.41) is 22.3. The van der Waals surface area contributed by atoms with Gasteiger partial charge in [-0.1, -0.05) is 54.7 Å². The first kappa shape index (κ1) is 49.0. The van der Waals surface area contributed by atoms with Crippen LogP contribution in [0.4, 0.5) is 16.6 Å². The average molecular weight is 1020 g/mol. The minimum absolute atomic E-state index is 0.0252. The van der Waals surface area contributed by atoms with E-state index in [9.17, 15) is 24.3 Å². The number of aryl methyl sites for hydroxylation is 1. The van der Waals surface area contributed by atoms with Crippen molar-refractivity contribution in [2.75, 3.05) is 74.0 Å². The number of carbonyl (C=O) groups excluding carboxylic acids is 3. The van der Waals surface area contributed by atoms with Crippen LogP contribution in [0.2, 0.25) is 0 Å². The molecule has 0 spiro atoms. The maximum absolute atomic E-state index is 13.7. The standard InChI is InChI=1S/C57H62N10O6S/c1-4-47(37-21-24-64(25-22-37)27-28-65-29-31-66(32-30-65)38-15-16-42-46(33-38)63(3)62-52(42)43-18-20-51(68)60-55(43)70)73-48-13-8-10-39(35(48)2)40-17-19-50(59-53(40)56(71)72)67-26-23-36-9-7-11-41(44(36)34-67)54(69)61-57-58-45-12-5-6-14-49(45)74-57/h5-17,19,33,37,43,47H,4,18,20-32,34H2,1-3H3,(H,71,72)(H,58,61,69)(H,60,68,70). The fraction of sp³-hybridized carbons (Fsp3) is 0.386. The van der Waals surface area contributed by atoms with Gasteiger partial charge in [-0.25, -0.2) is 14.8 Å². The van der Waals surface area contributed by atoms with E-state index in [4.69, 9.17) is 14.8 Å². The molecule has 17 heteroatoms. The molecule has 3 saturated heterocycles. The van der Waals surface area contributed by atoms with Gasteiger partial charge in [0.05, 0.1) is 27.3 Å². The largest absolute Gasteiger partial charge is 0.490 e. The van der Waals surface area contributed by atoms with Gasteiger partial charge >= 0.3 is 5.97 Å². The van der Waals surface area contributed by atoms with Gasteiger partial charge in [0.1, 0.15) is 17.7 Å². The Bertz CT molecular complexity index is 3250. The Kier molecular flexibility index (Phi) is 13.9. The van der Waals surface area contributed by atoms with Crippen LogP contribution in [0, 0.1) is 12.8 Å². The number of hydrogen-bond acceptors (Lipinski definition) is 13. The molecule has 0 saturated carbocycles. The van der Waals surface area contributed by atoms with Gasteiger partial charge in [0.2, 0.25) is 11.8 Å². The van der Waals surface area contributed by atoms with Crippen LogP contribution in [0.1, 0.15) is 88.2 Å². The van der Waals surface area contributed by atoms with Crippen LogP contribution in [-0.2, 0) is 29.6 Å². The van der Waals surface area contributed by atoms with Crippen LogP contribution in [0.25, 0.3) is 32.2 Å². The third kappa shape index (κ3) is 9.95. The van der Waals surface area contributed by atoms with E-state index in [1.165, 1.54) is 11.3 Å². The first-order valence-corrected chi connectivity index (χ1v) is 26.8. The SMILES string of the molecule is CCC(Oc1cccc(-c2ccc(N3CCc4cccc(C(=O)Nc5nc6ccccc6s5)c4C3)nc2C(=O)O)c1C)C1CCN(CCN2CCN(c3ccc4c(C5CCC(=O)NC5=O)nn(C)c4c3)CC2)CC1. The predicted molar refractivity (Wildman–Crippen MR) is 289 cm³/mol. The van der Waals surface area contributed by atoms with E-state index in [2.05, 4.69) is 55.4 Å². The van der Waals surface area contributed by atoms with Crippen LogP contribution in [0.5, 0.6) is 5.75 Å². The number of imide groups is 1. The molecule has 3 N–H and O–H groups in total. The lowest BCUT2D eigenvalue weighted by Crippen LogP contribution is -2.49. The zero-order valence-corrected chi connectivity index (χ0v) is 43.0. The highest BCUT2D eigenvalue weighted by Crippen LogP contribution is 2.37. The summed E-state index contributed by atoms with van der Waals surface area (Å²) in [4.78, 5) is 70.1. The number of aromatic nitrogens is 4. The molecule has 2 atom stereocenters. The predicted octanol–water partition coefficient (Wildman–Crippen LogP) is 8.28. The van der Waals surface area contributed by atoms with E-state index < -0.39 is 11.9 Å². The van der Waals surface area contributed by atoms with Crippen LogP contribution in [0.15, 0.2) is 91.0 Å². The number of piperazine rings is 1. The number of nitrogens with zero attached hydrogens (tertiary/aromatic N) is 8. The van der Waals surface area contributed by atoms with Crippen molar-refractivity contribution in [1.29, 1.82) is 0 Å². The molecule has 7 aromatic rings. The lowest BCUT2D eigenvalue weighted by atomic mass is 9.89. The van der Waals surface area contributed by atoms with Crippen LogP contribution in [0.3, 0.4) is 0 Å². The Morgan fingerprint density at radius 1 is 0.838 bits per heavy atom.